The maximum absolute atomic E-state index is 13.5. The normalized spacial score (nSPS) is 17.6. The number of nitrogens with one attached hydrogen (secondary N) is 5. The van der Waals surface area contributed by atoms with Crippen molar-refractivity contribution >= 4 is 29.6 Å². The molecule has 1 aliphatic rings. The van der Waals surface area contributed by atoms with E-state index in [9.17, 15) is 29.1 Å². The van der Waals surface area contributed by atoms with E-state index >= 15 is 0 Å². The Morgan fingerprint density at radius 2 is 1.52 bits per heavy atom. The lowest BCUT2D eigenvalue weighted by molar-refractivity contribution is -0.142. The second-order valence-electron chi connectivity index (χ2n) is 11.7. The van der Waals surface area contributed by atoms with Crippen LogP contribution in [0.5, 0.6) is 0 Å². The van der Waals surface area contributed by atoms with Gasteiger partial charge in [-0.25, -0.2) is 4.79 Å². The average Bonchev–Trinajstić information content (AvgIpc) is 3.48. The molecule has 4 amide bonds. The highest BCUT2D eigenvalue weighted by molar-refractivity contribution is 5.95. The summed E-state index contributed by atoms with van der Waals surface area (Å²) in [5.74, 6) is -3.41. The van der Waals surface area contributed by atoms with Crippen molar-refractivity contribution in [3.63, 3.8) is 0 Å². The molecule has 0 radical (unpaired) electrons. The van der Waals surface area contributed by atoms with Gasteiger partial charge in [0.25, 0.3) is 0 Å². The molecule has 0 unspecified atom stereocenters. The van der Waals surface area contributed by atoms with Crippen molar-refractivity contribution in [2.75, 3.05) is 13.1 Å². The Balaban J connectivity index is 2.15. The van der Waals surface area contributed by atoms with Crippen molar-refractivity contribution in [1.29, 1.82) is 0 Å². The molecule has 1 aliphatic heterocycles. The molecule has 12 heteroatoms. The minimum absolute atomic E-state index is 0.000245. The molecule has 12 nitrogen and oxygen atoms in total. The molecule has 42 heavy (non-hydrogen) atoms. The monoisotopic (exact) mass is 588 g/mol. The Morgan fingerprint density at radius 3 is 2.07 bits per heavy atom. The number of carbonyl (C=O) groups is 5. The average molecular weight is 589 g/mol. The molecule has 1 aromatic rings. The van der Waals surface area contributed by atoms with Crippen LogP contribution in [0.4, 0.5) is 0 Å². The van der Waals surface area contributed by atoms with E-state index in [0.717, 1.165) is 18.5 Å². The van der Waals surface area contributed by atoms with Gasteiger partial charge < -0.3 is 37.4 Å². The third-order valence-electron chi connectivity index (χ3n) is 7.19. The van der Waals surface area contributed by atoms with Gasteiger partial charge in [-0.05, 0) is 62.6 Å². The first-order valence-electron chi connectivity index (χ1n) is 14.8. The summed E-state index contributed by atoms with van der Waals surface area (Å²) in [4.78, 5) is 64.7. The topological polar surface area (TPSA) is 192 Å². The first kappa shape index (κ1) is 34.7. The quantitative estimate of drug-likeness (QED) is 0.136. The zero-order valence-corrected chi connectivity index (χ0v) is 25.2. The standard InChI is InChI=1S/C30H48N6O6/c1-18(2)16-23(28(39)35-24(30(41)42)17-20-10-6-5-7-11-20)34-27(38)22(12-8-14-31)33-29(40)25(19(3)4)36-26(37)21-13-9-15-32-21/h5-7,10-11,18-19,21-25,32H,8-9,12-17,31H2,1-4H3,(H,33,40)(H,34,38)(H,35,39)(H,36,37)(H,41,42)/t21-,22-,23-,24+,25-/m0/s1. The highest BCUT2D eigenvalue weighted by Gasteiger charge is 2.33. The summed E-state index contributed by atoms with van der Waals surface area (Å²) in [7, 11) is 0. The highest BCUT2D eigenvalue weighted by atomic mass is 16.4. The smallest absolute Gasteiger partial charge is 0.326 e. The number of nitrogens with two attached hydrogens (primary N) is 1. The van der Waals surface area contributed by atoms with Gasteiger partial charge in [0.1, 0.15) is 24.2 Å². The number of carbonyl (C=O) groups excluding carboxylic acids is 4. The van der Waals surface area contributed by atoms with Gasteiger partial charge in [0.2, 0.25) is 23.6 Å². The summed E-state index contributed by atoms with van der Waals surface area (Å²) >= 11 is 0. The first-order valence-corrected chi connectivity index (χ1v) is 14.8. The molecule has 1 saturated heterocycles. The third kappa shape index (κ3) is 11.4. The van der Waals surface area contributed by atoms with Crippen LogP contribution in [0.1, 0.15) is 65.4 Å². The zero-order valence-electron chi connectivity index (χ0n) is 25.2. The second kappa shape index (κ2) is 17.4. The molecule has 8 N–H and O–H groups in total. The van der Waals surface area contributed by atoms with Gasteiger partial charge in [0.05, 0.1) is 6.04 Å². The van der Waals surface area contributed by atoms with E-state index in [4.69, 9.17) is 5.73 Å². The van der Waals surface area contributed by atoms with Crippen molar-refractivity contribution in [2.45, 2.75) is 96.4 Å². The van der Waals surface area contributed by atoms with Gasteiger partial charge in [-0.3, -0.25) is 19.2 Å². The second-order valence-corrected chi connectivity index (χ2v) is 11.7. The minimum Gasteiger partial charge on any atom is -0.480 e. The first-order chi connectivity index (χ1) is 19.9. The van der Waals surface area contributed by atoms with Crippen molar-refractivity contribution in [3.05, 3.63) is 35.9 Å². The molecule has 0 bridgehead atoms. The van der Waals surface area contributed by atoms with Gasteiger partial charge in [-0.15, -0.1) is 0 Å². The van der Waals surface area contributed by atoms with Crippen LogP contribution in [0.2, 0.25) is 0 Å². The van der Waals surface area contributed by atoms with E-state index in [1.807, 2.05) is 19.9 Å². The molecule has 5 atom stereocenters. The van der Waals surface area contributed by atoms with E-state index in [1.165, 1.54) is 0 Å². The fraction of sp³-hybridized carbons (Fsp3) is 0.633. The molecule has 0 saturated carbocycles. The fourth-order valence-electron chi connectivity index (χ4n) is 4.85. The van der Waals surface area contributed by atoms with Crippen LogP contribution in [-0.4, -0.2) is 78.0 Å². The Kier molecular flexibility index (Phi) is 14.4. The molecule has 1 fully saturated rings. The summed E-state index contributed by atoms with van der Waals surface area (Å²) in [5, 5.41) is 23.7. The van der Waals surface area contributed by atoms with Crippen molar-refractivity contribution in [2.24, 2.45) is 17.6 Å². The Hall–Kier alpha value is -3.51. The van der Waals surface area contributed by atoms with Gasteiger partial charge in [0.15, 0.2) is 0 Å². The van der Waals surface area contributed by atoms with Gasteiger partial charge in [0, 0.05) is 6.42 Å². The van der Waals surface area contributed by atoms with Crippen LogP contribution >= 0.6 is 0 Å². The summed E-state index contributed by atoms with van der Waals surface area (Å²) < 4.78 is 0. The predicted molar refractivity (Wildman–Crippen MR) is 159 cm³/mol. The Bertz CT molecular complexity index is 1040. The molecule has 0 aliphatic carbocycles. The number of carboxylic acid groups (broad SMARTS) is 1. The number of amides is 4. The number of hydrogen-bond acceptors (Lipinski definition) is 7. The fourth-order valence-corrected chi connectivity index (χ4v) is 4.85. The van der Waals surface area contributed by atoms with Crippen LogP contribution in [0, 0.1) is 11.8 Å². The number of carboxylic acids is 1. The molecule has 0 aromatic heterocycles. The summed E-state index contributed by atoms with van der Waals surface area (Å²) in [6.45, 7) is 8.40. The number of benzene rings is 1. The van der Waals surface area contributed by atoms with Crippen LogP contribution in [-0.2, 0) is 30.4 Å². The van der Waals surface area contributed by atoms with Crippen LogP contribution in [0.15, 0.2) is 30.3 Å². The molecule has 234 valence electrons. The van der Waals surface area contributed by atoms with Gasteiger partial charge >= 0.3 is 5.97 Å². The molecule has 1 aromatic carbocycles. The van der Waals surface area contributed by atoms with E-state index in [2.05, 4.69) is 26.6 Å². The molecular formula is C30H48N6O6. The minimum atomic E-state index is -1.19. The van der Waals surface area contributed by atoms with Crippen molar-refractivity contribution in [1.82, 2.24) is 26.6 Å². The molecule has 1 heterocycles. The van der Waals surface area contributed by atoms with Crippen molar-refractivity contribution < 1.29 is 29.1 Å². The Morgan fingerprint density at radius 1 is 0.905 bits per heavy atom. The molecule has 2 rings (SSSR count). The number of hydrogen-bond donors (Lipinski definition) is 7. The predicted octanol–water partition coefficient (Wildman–Crippen LogP) is 0.446. The molecule has 0 spiro atoms. The lowest BCUT2D eigenvalue weighted by Gasteiger charge is -2.28. The van der Waals surface area contributed by atoms with Crippen LogP contribution in [0.3, 0.4) is 0 Å². The van der Waals surface area contributed by atoms with Crippen LogP contribution < -0.4 is 32.3 Å². The largest absolute Gasteiger partial charge is 0.480 e. The maximum Gasteiger partial charge on any atom is 0.326 e. The van der Waals surface area contributed by atoms with Crippen molar-refractivity contribution in [3.8, 4) is 0 Å². The summed E-state index contributed by atoms with van der Waals surface area (Å²) in [6, 6.07) is 4.49. The van der Waals surface area contributed by atoms with Crippen LogP contribution in [0.25, 0.3) is 0 Å². The number of aliphatic carboxylic acids is 1. The third-order valence-corrected chi connectivity index (χ3v) is 7.19. The summed E-state index contributed by atoms with van der Waals surface area (Å²) in [6.07, 6.45) is 2.56. The number of rotatable bonds is 17. The maximum atomic E-state index is 13.5. The van der Waals surface area contributed by atoms with E-state index in [0.29, 0.717) is 12.8 Å². The summed E-state index contributed by atoms with van der Waals surface area (Å²) in [5.41, 5.74) is 6.43. The highest BCUT2D eigenvalue weighted by Crippen LogP contribution is 2.11. The Labute approximate surface area is 248 Å². The molecular weight excluding hydrogens is 540 g/mol. The SMILES string of the molecule is CC(C)C[C@H](NC(=O)[C@H](CCCN)NC(=O)[C@@H](NC(=O)[C@@H]1CCCN1)C(C)C)C(=O)N[C@H](Cc1ccccc1)C(=O)O. The van der Waals surface area contributed by atoms with Gasteiger partial charge in [-0.2, -0.15) is 0 Å². The van der Waals surface area contributed by atoms with E-state index in [-0.39, 0.29) is 49.6 Å². The van der Waals surface area contributed by atoms with E-state index in [1.54, 1.807) is 38.1 Å². The lowest BCUT2D eigenvalue weighted by Crippen LogP contribution is -2.59. The zero-order chi connectivity index (χ0) is 31.2. The lowest BCUT2D eigenvalue weighted by atomic mass is 9.99. The van der Waals surface area contributed by atoms with E-state index < -0.39 is 47.9 Å². The van der Waals surface area contributed by atoms with Gasteiger partial charge in [-0.1, -0.05) is 58.0 Å².